The molecule has 1 atom stereocenters. The fraction of sp³-hybridized carbons (Fsp3) is 0.318. The van der Waals surface area contributed by atoms with Gasteiger partial charge in [-0.1, -0.05) is 0 Å². The van der Waals surface area contributed by atoms with Crippen molar-refractivity contribution in [2.75, 3.05) is 48.4 Å². The van der Waals surface area contributed by atoms with Crippen LogP contribution in [0, 0.1) is 11.6 Å². The van der Waals surface area contributed by atoms with Crippen LogP contribution in [0.2, 0.25) is 0 Å². The van der Waals surface area contributed by atoms with Crippen LogP contribution >= 0.6 is 0 Å². The fourth-order valence-corrected chi connectivity index (χ4v) is 3.72. The first-order chi connectivity index (χ1) is 17.8. The number of halogens is 2. The second-order valence-electron chi connectivity index (χ2n) is 8.09. The first-order valence-corrected chi connectivity index (χ1v) is 11.3. The Hall–Kier alpha value is -4.53. The normalized spacial score (nSPS) is 14.2. The molecule has 1 aliphatic rings. The van der Waals surface area contributed by atoms with Crippen molar-refractivity contribution in [3.05, 3.63) is 54.0 Å². The number of anilines is 4. The van der Waals surface area contributed by atoms with Crippen molar-refractivity contribution in [1.82, 2.24) is 25.1 Å². The van der Waals surface area contributed by atoms with Gasteiger partial charge < -0.3 is 36.4 Å². The van der Waals surface area contributed by atoms with Gasteiger partial charge >= 0.3 is 6.09 Å². The number of morpholine rings is 1. The van der Waals surface area contributed by atoms with E-state index in [1.54, 1.807) is 23.4 Å². The summed E-state index contributed by atoms with van der Waals surface area (Å²) in [7, 11) is 0. The molecule has 1 aliphatic heterocycles. The number of pyridine rings is 2. The molecule has 1 unspecified atom stereocenters. The number of nitrogens with zero attached hydrogens (tertiary/aromatic N) is 5. The molecule has 0 aromatic carbocycles. The quantitative estimate of drug-likeness (QED) is 0.264. The number of carboxylic acid groups (broad SMARTS) is 1. The third-order valence-corrected chi connectivity index (χ3v) is 5.44. The minimum Gasteiger partial charge on any atom is -0.465 e. The summed E-state index contributed by atoms with van der Waals surface area (Å²) >= 11 is 0. The summed E-state index contributed by atoms with van der Waals surface area (Å²) in [6.07, 6.45) is 3.29. The first-order valence-electron chi connectivity index (χ1n) is 11.3. The Kier molecular flexibility index (Phi) is 7.92. The van der Waals surface area contributed by atoms with E-state index in [1.807, 2.05) is 0 Å². The lowest BCUT2D eigenvalue weighted by atomic mass is 10.2. The van der Waals surface area contributed by atoms with Gasteiger partial charge in [-0.2, -0.15) is 5.10 Å². The van der Waals surface area contributed by atoms with Crippen molar-refractivity contribution in [2.24, 2.45) is 5.73 Å². The van der Waals surface area contributed by atoms with Crippen LogP contribution in [0.3, 0.4) is 0 Å². The Bertz CT molecular complexity index is 1250. The average Bonchev–Trinajstić information content (AvgIpc) is 3.38. The number of aromatic nitrogens is 4. The second kappa shape index (κ2) is 11.5. The summed E-state index contributed by atoms with van der Waals surface area (Å²) in [5, 5.41) is 20.9. The Balaban J connectivity index is 1.58. The number of hydrogen-bond donors (Lipinski definition) is 5. The number of primary amides is 1. The maximum Gasteiger partial charge on any atom is 0.404 e. The fourth-order valence-electron chi connectivity index (χ4n) is 3.72. The van der Waals surface area contributed by atoms with Gasteiger partial charge in [-0.25, -0.2) is 23.5 Å². The van der Waals surface area contributed by atoms with E-state index in [9.17, 15) is 18.4 Å². The number of nitrogens with one attached hydrogen (secondary N) is 3. The number of carbonyl (C=O) groups excluding carboxylic acids is 1. The monoisotopic (exact) mass is 517 g/mol. The zero-order valence-corrected chi connectivity index (χ0v) is 19.5. The molecule has 0 aliphatic carbocycles. The minimum absolute atomic E-state index is 0.102. The van der Waals surface area contributed by atoms with Gasteiger partial charge in [0.2, 0.25) is 0 Å². The van der Waals surface area contributed by atoms with E-state index < -0.39 is 29.7 Å². The molecule has 0 radical (unpaired) electrons. The molecular weight excluding hydrogens is 492 g/mol. The van der Waals surface area contributed by atoms with E-state index in [1.165, 1.54) is 16.9 Å². The summed E-state index contributed by atoms with van der Waals surface area (Å²) in [6.45, 7) is 1.98. The molecule has 6 N–H and O–H groups in total. The molecule has 196 valence electrons. The number of ether oxygens (including phenoxy) is 1. The van der Waals surface area contributed by atoms with Crippen LogP contribution in [0.15, 0.2) is 36.8 Å². The van der Waals surface area contributed by atoms with Crippen molar-refractivity contribution in [3.63, 3.8) is 0 Å². The van der Waals surface area contributed by atoms with Crippen molar-refractivity contribution in [2.45, 2.75) is 12.6 Å². The maximum absolute atomic E-state index is 14.9. The highest BCUT2D eigenvalue weighted by molar-refractivity contribution is 5.98. The Morgan fingerprint density at radius 1 is 1.19 bits per heavy atom. The van der Waals surface area contributed by atoms with Gasteiger partial charge in [-0.3, -0.25) is 9.48 Å². The molecule has 0 bridgehead atoms. The van der Waals surface area contributed by atoms with Gasteiger partial charge in [-0.15, -0.1) is 0 Å². The topological polar surface area (TPSA) is 173 Å². The van der Waals surface area contributed by atoms with E-state index in [0.29, 0.717) is 26.3 Å². The largest absolute Gasteiger partial charge is 0.465 e. The van der Waals surface area contributed by atoms with Gasteiger partial charge in [0.25, 0.3) is 5.91 Å². The third kappa shape index (κ3) is 6.58. The van der Waals surface area contributed by atoms with Crippen LogP contribution in [-0.2, 0) is 11.3 Å². The zero-order valence-electron chi connectivity index (χ0n) is 19.5. The minimum atomic E-state index is -1.26. The van der Waals surface area contributed by atoms with Crippen LogP contribution in [0.5, 0.6) is 0 Å². The molecule has 0 spiro atoms. The van der Waals surface area contributed by atoms with E-state index in [2.05, 4.69) is 31.0 Å². The van der Waals surface area contributed by atoms with Crippen LogP contribution in [0.4, 0.5) is 36.7 Å². The predicted molar refractivity (Wildman–Crippen MR) is 129 cm³/mol. The summed E-state index contributed by atoms with van der Waals surface area (Å²) in [5.74, 6) is -2.72. The van der Waals surface area contributed by atoms with Crippen LogP contribution in [-0.4, -0.2) is 75.7 Å². The molecule has 4 rings (SSSR count). The number of hydrogen-bond acceptors (Lipinski definition) is 9. The Morgan fingerprint density at radius 2 is 1.97 bits per heavy atom. The average molecular weight is 517 g/mol. The number of nitrogens with two attached hydrogens (primary N) is 1. The molecule has 1 fully saturated rings. The van der Waals surface area contributed by atoms with E-state index in [4.69, 9.17) is 15.6 Å². The van der Waals surface area contributed by atoms with Crippen molar-refractivity contribution in [1.29, 1.82) is 0 Å². The lowest BCUT2D eigenvalue weighted by Gasteiger charge is -2.28. The van der Waals surface area contributed by atoms with Gasteiger partial charge in [0.1, 0.15) is 5.82 Å². The Labute approximate surface area is 209 Å². The van der Waals surface area contributed by atoms with Crippen molar-refractivity contribution >= 4 is 35.1 Å². The first kappa shape index (κ1) is 25.6. The molecule has 0 saturated carbocycles. The molecule has 15 heteroatoms. The van der Waals surface area contributed by atoms with Crippen LogP contribution in [0.1, 0.15) is 10.4 Å². The van der Waals surface area contributed by atoms with Crippen molar-refractivity contribution in [3.8, 4) is 0 Å². The molecule has 13 nitrogen and oxygen atoms in total. The molecule has 3 aromatic heterocycles. The van der Waals surface area contributed by atoms with Gasteiger partial charge in [0.15, 0.2) is 23.3 Å². The summed E-state index contributed by atoms with van der Waals surface area (Å²) in [4.78, 5) is 33.0. The van der Waals surface area contributed by atoms with E-state index >= 15 is 0 Å². The van der Waals surface area contributed by atoms with Crippen molar-refractivity contribution < 1.29 is 28.2 Å². The SMILES string of the molecule is NC(=O)c1cc(F)c(NC(CNC(=O)O)Cn2cccn2)nc1Nc1cnc(N2CCOCC2)c(F)c1. The van der Waals surface area contributed by atoms with Gasteiger partial charge in [0.05, 0.1) is 43.2 Å². The summed E-state index contributed by atoms with van der Waals surface area (Å²) < 4.78 is 36.5. The van der Waals surface area contributed by atoms with E-state index in [0.717, 1.165) is 6.07 Å². The van der Waals surface area contributed by atoms with Crippen LogP contribution < -0.4 is 26.6 Å². The Morgan fingerprint density at radius 3 is 2.62 bits per heavy atom. The van der Waals surface area contributed by atoms with Gasteiger partial charge in [0, 0.05) is 38.1 Å². The molecule has 1 saturated heterocycles. The number of amides is 2. The highest BCUT2D eigenvalue weighted by Gasteiger charge is 2.21. The predicted octanol–water partition coefficient (Wildman–Crippen LogP) is 1.38. The number of carbonyl (C=O) groups is 2. The third-order valence-electron chi connectivity index (χ3n) is 5.44. The number of rotatable bonds is 10. The second-order valence-corrected chi connectivity index (χ2v) is 8.09. The molecular formula is C22H25F2N9O4. The molecule has 2 amide bonds. The zero-order chi connectivity index (χ0) is 26.4. The molecule has 3 aromatic rings. The smallest absolute Gasteiger partial charge is 0.404 e. The summed E-state index contributed by atoms with van der Waals surface area (Å²) in [5.41, 5.74) is 5.30. The lowest BCUT2D eigenvalue weighted by Crippen LogP contribution is -2.39. The molecule has 4 heterocycles. The maximum atomic E-state index is 14.9. The molecule has 37 heavy (non-hydrogen) atoms. The highest BCUT2D eigenvalue weighted by Crippen LogP contribution is 2.26. The van der Waals surface area contributed by atoms with E-state index in [-0.39, 0.29) is 41.8 Å². The lowest BCUT2D eigenvalue weighted by molar-refractivity contribution is 0.1000. The van der Waals surface area contributed by atoms with Gasteiger partial charge in [-0.05, 0) is 12.1 Å². The summed E-state index contributed by atoms with van der Waals surface area (Å²) in [6, 6.07) is 3.08. The van der Waals surface area contributed by atoms with Crippen LogP contribution in [0.25, 0.3) is 0 Å². The highest BCUT2D eigenvalue weighted by atomic mass is 19.1. The standard InChI is InChI=1S/C22H25F2N9O4/c23-16-9-15(18(25)34)19(29-13-8-17(24)21(26-10-13)32-4-6-37-7-5-32)31-20(16)30-14(11-27-22(35)36)12-33-3-1-2-28-33/h1-3,8-10,14,27H,4-7,11-12H2,(H2,25,34)(H,35,36)(H2,29,30,31).